The fourth-order valence-electron chi connectivity index (χ4n) is 1.42. The summed E-state index contributed by atoms with van der Waals surface area (Å²) in [6, 6.07) is 1.32. The zero-order chi connectivity index (χ0) is 12.4. The van der Waals surface area contributed by atoms with E-state index in [2.05, 4.69) is 15.2 Å². The van der Waals surface area contributed by atoms with Crippen LogP contribution < -0.4 is 0 Å². The van der Waals surface area contributed by atoms with Gasteiger partial charge in [-0.3, -0.25) is 0 Å². The Balaban J connectivity index is 2.35. The van der Waals surface area contributed by atoms with Crippen molar-refractivity contribution in [2.45, 2.75) is 19.8 Å². The predicted molar refractivity (Wildman–Crippen MR) is 57.1 cm³/mol. The van der Waals surface area contributed by atoms with E-state index in [1.807, 2.05) is 6.92 Å². The molecule has 90 valence electrons. The van der Waals surface area contributed by atoms with Crippen LogP contribution >= 0.6 is 0 Å². The number of hydrogen-bond acceptors (Lipinski definition) is 6. The van der Waals surface area contributed by atoms with Crippen molar-refractivity contribution >= 4 is 5.82 Å². The number of nitrogens with zero attached hydrogens (tertiary/aromatic N) is 5. The fraction of sp³-hybridized carbons (Fsp3) is 0.444. The lowest BCUT2D eigenvalue weighted by Gasteiger charge is -1.87. The first-order valence-corrected chi connectivity index (χ1v) is 5.13. The topological polar surface area (TPSA) is 99.9 Å². The summed E-state index contributed by atoms with van der Waals surface area (Å²) in [5.41, 5.74) is 0.461. The lowest BCUT2D eigenvalue weighted by molar-refractivity contribution is -0.389. The maximum atomic E-state index is 10.6. The van der Waals surface area contributed by atoms with Crippen molar-refractivity contribution in [2.24, 2.45) is 7.05 Å². The molecule has 17 heavy (non-hydrogen) atoms. The summed E-state index contributed by atoms with van der Waals surface area (Å²) in [4.78, 5) is 14.2. The third-order valence-corrected chi connectivity index (χ3v) is 2.22. The molecule has 2 rings (SSSR count). The zero-order valence-electron chi connectivity index (χ0n) is 9.45. The van der Waals surface area contributed by atoms with Crippen LogP contribution in [0.2, 0.25) is 0 Å². The maximum absolute atomic E-state index is 10.6. The Labute approximate surface area is 96.4 Å². The van der Waals surface area contributed by atoms with Gasteiger partial charge in [0.15, 0.2) is 0 Å². The Morgan fingerprint density at radius 1 is 1.59 bits per heavy atom. The van der Waals surface area contributed by atoms with Crippen LogP contribution in [-0.2, 0) is 13.5 Å². The number of aryl methyl sites for hydroxylation is 2. The molecular weight excluding hydrogens is 226 g/mol. The summed E-state index contributed by atoms with van der Waals surface area (Å²) < 4.78 is 6.37. The minimum Gasteiger partial charge on any atom is -0.358 e. The van der Waals surface area contributed by atoms with Gasteiger partial charge in [0.1, 0.15) is 5.69 Å². The molecule has 0 spiro atoms. The molecule has 0 bridgehead atoms. The van der Waals surface area contributed by atoms with Gasteiger partial charge in [0.25, 0.3) is 0 Å². The first kappa shape index (κ1) is 11.2. The van der Waals surface area contributed by atoms with E-state index in [1.54, 1.807) is 7.05 Å². The third-order valence-electron chi connectivity index (χ3n) is 2.22. The van der Waals surface area contributed by atoms with Gasteiger partial charge < -0.3 is 14.6 Å². The molecule has 0 atom stereocenters. The molecule has 0 N–H and O–H groups in total. The molecule has 2 aromatic rings. The van der Waals surface area contributed by atoms with Gasteiger partial charge in [-0.1, -0.05) is 12.1 Å². The summed E-state index contributed by atoms with van der Waals surface area (Å²) in [6.45, 7) is 2.00. The molecule has 8 heteroatoms. The van der Waals surface area contributed by atoms with Crippen molar-refractivity contribution in [1.82, 2.24) is 19.9 Å². The molecule has 0 saturated heterocycles. The highest BCUT2D eigenvalue weighted by atomic mass is 16.6. The van der Waals surface area contributed by atoms with Gasteiger partial charge in [-0.05, 0) is 11.3 Å². The van der Waals surface area contributed by atoms with Crippen molar-refractivity contribution in [1.29, 1.82) is 0 Å². The third kappa shape index (κ3) is 2.14. The second kappa shape index (κ2) is 4.32. The average Bonchev–Trinajstić information content (AvgIpc) is 2.85. The second-order valence-electron chi connectivity index (χ2n) is 3.53. The van der Waals surface area contributed by atoms with Gasteiger partial charge in [-0.15, -0.1) is 0 Å². The van der Waals surface area contributed by atoms with Crippen LogP contribution in [0.5, 0.6) is 0 Å². The summed E-state index contributed by atoms with van der Waals surface area (Å²) in [5, 5.41) is 18.1. The number of hydrogen-bond donors (Lipinski definition) is 0. The molecule has 0 saturated carbocycles. The molecule has 0 aliphatic rings. The van der Waals surface area contributed by atoms with E-state index in [9.17, 15) is 10.1 Å². The highest BCUT2D eigenvalue weighted by molar-refractivity contribution is 5.52. The molecule has 8 nitrogen and oxygen atoms in total. The lowest BCUT2D eigenvalue weighted by Crippen LogP contribution is -1.96. The van der Waals surface area contributed by atoms with E-state index in [4.69, 9.17) is 4.52 Å². The molecule has 0 unspecified atom stereocenters. The minimum absolute atomic E-state index is 0.232. The quantitative estimate of drug-likeness (QED) is 0.587. The largest absolute Gasteiger partial charge is 0.390 e. The normalized spacial score (nSPS) is 10.7. The van der Waals surface area contributed by atoms with Crippen molar-refractivity contribution in [3.05, 3.63) is 22.1 Å². The fourth-order valence-corrected chi connectivity index (χ4v) is 1.42. The van der Waals surface area contributed by atoms with Gasteiger partial charge in [0.05, 0.1) is 18.2 Å². The maximum Gasteiger partial charge on any atom is 0.390 e. The van der Waals surface area contributed by atoms with E-state index in [1.165, 1.54) is 10.7 Å². The molecule has 0 aromatic carbocycles. The summed E-state index contributed by atoms with van der Waals surface area (Å²) in [5.74, 6) is 0.604. The van der Waals surface area contributed by atoms with Crippen LogP contribution in [0, 0.1) is 10.1 Å². The molecule has 0 fully saturated rings. The summed E-state index contributed by atoms with van der Waals surface area (Å²) in [6.07, 6.45) is 1.58. The van der Waals surface area contributed by atoms with Gasteiger partial charge in [0.2, 0.25) is 11.7 Å². The highest BCUT2D eigenvalue weighted by Gasteiger charge is 2.20. The Kier molecular flexibility index (Phi) is 2.86. The van der Waals surface area contributed by atoms with Gasteiger partial charge in [-0.2, -0.15) is 9.67 Å². The van der Waals surface area contributed by atoms with Crippen LogP contribution in [0.4, 0.5) is 5.82 Å². The lowest BCUT2D eigenvalue weighted by atomic mass is 10.3. The zero-order valence-corrected chi connectivity index (χ0v) is 9.45. The molecular formula is C9H11N5O3. The first-order chi connectivity index (χ1) is 8.11. The van der Waals surface area contributed by atoms with Gasteiger partial charge in [0, 0.05) is 6.42 Å². The van der Waals surface area contributed by atoms with E-state index in [-0.39, 0.29) is 5.82 Å². The van der Waals surface area contributed by atoms with E-state index in [0.29, 0.717) is 23.8 Å². The standard InChI is InChI=1S/C9H11N5O3/c1-3-4-8-10-9(12-17-8)6-5-7(14(15)16)11-13(6)2/h5H,3-4H2,1-2H3. The van der Waals surface area contributed by atoms with Crippen molar-refractivity contribution in [3.63, 3.8) is 0 Å². The molecule has 0 amide bonds. The van der Waals surface area contributed by atoms with E-state index >= 15 is 0 Å². The van der Waals surface area contributed by atoms with Crippen molar-refractivity contribution in [3.8, 4) is 11.5 Å². The number of aromatic nitrogens is 4. The van der Waals surface area contributed by atoms with E-state index in [0.717, 1.165) is 6.42 Å². The summed E-state index contributed by atoms with van der Waals surface area (Å²) in [7, 11) is 1.60. The minimum atomic E-state index is -0.559. The number of rotatable bonds is 4. The molecule has 0 aliphatic carbocycles. The Morgan fingerprint density at radius 2 is 2.35 bits per heavy atom. The second-order valence-corrected chi connectivity index (χ2v) is 3.53. The van der Waals surface area contributed by atoms with Crippen LogP contribution in [0.1, 0.15) is 19.2 Å². The monoisotopic (exact) mass is 237 g/mol. The predicted octanol–water partition coefficient (Wildman–Crippen LogP) is 1.33. The van der Waals surface area contributed by atoms with Crippen molar-refractivity contribution < 1.29 is 9.45 Å². The molecule has 0 radical (unpaired) electrons. The molecule has 2 aromatic heterocycles. The smallest absolute Gasteiger partial charge is 0.358 e. The Bertz CT molecular complexity index is 545. The SMILES string of the molecule is CCCc1nc(-c2cc([N+](=O)[O-])nn2C)no1. The van der Waals surface area contributed by atoms with Gasteiger partial charge in [-0.25, -0.2) is 0 Å². The van der Waals surface area contributed by atoms with Crippen LogP contribution in [0.15, 0.2) is 10.6 Å². The Morgan fingerprint density at radius 3 is 2.94 bits per heavy atom. The van der Waals surface area contributed by atoms with Crippen LogP contribution in [-0.4, -0.2) is 24.8 Å². The average molecular weight is 237 g/mol. The highest BCUT2D eigenvalue weighted by Crippen LogP contribution is 2.20. The number of nitro groups is 1. The molecule has 0 aliphatic heterocycles. The van der Waals surface area contributed by atoms with Crippen LogP contribution in [0.3, 0.4) is 0 Å². The first-order valence-electron chi connectivity index (χ1n) is 5.13. The van der Waals surface area contributed by atoms with E-state index < -0.39 is 4.92 Å². The van der Waals surface area contributed by atoms with Crippen molar-refractivity contribution in [2.75, 3.05) is 0 Å². The molecule has 2 heterocycles. The Hall–Kier alpha value is -2.25. The summed E-state index contributed by atoms with van der Waals surface area (Å²) >= 11 is 0. The van der Waals surface area contributed by atoms with Crippen LogP contribution in [0.25, 0.3) is 11.5 Å². The van der Waals surface area contributed by atoms with Gasteiger partial charge >= 0.3 is 5.82 Å².